The van der Waals surface area contributed by atoms with E-state index in [1.54, 1.807) is 11.8 Å². The molecule has 6 nitrogen and oxygen atoms in total. The molecule has 0 N–H and O–H groups in total. The average Bonchev–Trinajstić information content (AvgIpc) is 3.51. The molecule has 3 heterocycles. The summed E-state index contributed by atoms with van der Waals surface area (Å²) in [4.78, 5) is 29.7. The van der Waals surface area contributed by atoms with Crippen molar-refractivity contribution in [2.24, 2.45) is 0 Å². The maximum atomic E-state index is 12.9. The lowest BCUT2D eigenvalue weighted by Crippen LogP contribution is -2.51. The second-order valence-corrected chi connectivity index (χ2v) is 9.64. The standard InChI is InChI=1S/C23H31N5OS/c29-21(27-15-13-26(14-16-27)18-7-1-2-8-18)17-30-23-22(28-11-5-6-12-28)24-19-9-3-4-10-20(19)25-23/h3-4,9-10,18H,1-2,5-8,11-17H2. The molecule has 0 bridgehead atoms. The Morgan fingerprint density at radius 1 is 0.900 bits per heavy atom. The van der Waals surface area contributed by atoms with E-state index in [4.69, 9.17) is 9.97 Å². The predicted octanol–water partition coefficient (Wildman–Crippen LogP) is 3.41. The van der Waals surface area contributed by atoms with Crippen molar-refractivity contribution >= 4 is 34.5 Å². The molecule has 1 aliphatic carbocycles. The molecule has 7 heteroatoms. The molecule has 0 spiro atoms. The number of fused-ring (bicyclic) bond motifs is 1. The van der Waals surface area contributed by atoms with Gasteiger partial charge in [-0.25, -0.2) is 9.97 Å². The maximum Gasteiger partial charge on any atom is 0.233 e. The minimum Gasteiger partial charge on any atom is -0.354 e. The van der Waals surface area contributed by atoms with Crippen molar-refractivity contribution in [1.29, 1.82) is 0 Å². The summed E-state index contributed by atoms with van der Waals surface area (Å²) in [5, 5.41) is 0.897. The summed E-state index contributed by atoms with van der Waals surface area (Å²) < 4.78 is 0. The van der Waals surface area contributed by atoms with Crippen LogP contribution in [0.4, 0.5) is 5.82 Å². The molecular formula is C23H31N5OS. The summed E-state index contributed by atoms with van der Waals surface area (Å²) in [5.41, 5.74) is 1.83. The molecule has 5 rings (SSSR count). The van der Waals surface area contributed by atoms with Crippen molar-refractivity contribution in [3.63, 3.8) is 0 Å². The van der Waals surface area contributed by atoms with E-state index in [-0.39, 0.29) is 5.91 Å². The van der Waals surface area contributed by atoms with E-state index >= 15 is 0 Å². The number of hydrogen-bond acceptors (Lipinski definition) is 6. The summed E-state index contributed by atoms with van der Waals surface area (Å²) in [6, 6.07) is 8.78. The third kappa shape index (κ3) is 4.28. The molecule has 3 fully saturated rings. The second-order valence-electron chi connectivity index (χ2n) is 8.68. The highest BCUT2D eigenvalue weighted by Gasteiger charge is 2.28. The second kappa shape index (κ2) is 9.10. The van der Waals surface area contributed by atoms with Crippen LogP contribution in [0.5, 0.6) is 0 Å². The number of piperazine rings is 1. The number of carbonyl (C=O) groups is 1. The van der Waals surface area contributed by atoms with Gasteiger partial charge in [0.1, 0.15) is 5.03 Å². The molecule has 2 aromatic rings. The van der Waals surface area contributed by atoms with Gasteiger partial charge in [-0.2, -0.15) is 0 Å². The fourth-order valence-corrected chi connectivity index (χ4v) is 5.94. The van der Waals surface area contributed by atoms with Crippen molar-refractivity contribution in [1.82, 2.24) is 19.8 Å². The zero-order valence-corrected chi connectivity index (χ0v) is 18.4. The number of amides is 1. The van der Waals surface area contributed by atoms with Crippen LogP contribution in [0.1, 0.15) is 38.5 Å². The van der Waals surface area contributed by atoms with E-state index in [0.29, 0.717) is 5.75 Å². The lowest BCUT2D eigenvalue weighted by molar-refractivity contribution is -0.130. The van der Waals surface area contributed by atoms with E-state index in [2.05, 4.69) is 9.80 Å². The SMILES string of the molecule is O=C(CSc1nc2ccccc2nc1N1CCCC1)N1CCN(C2CCCC2)CC1. The summed E-state index contributed by atoms with van der Waals surface area (Å²) in [5.74, 6) is 1.63. The third-order valence-electron chi connectivity index (χ3n) is 6.77. The number of hydrogen-bond donors (Lipinski definition) is 0. The molecule has 2 saturated heterocycles. The van der Waals surface area contributed by atoms with E-state index < -0.39 is 0 Å². The van der Waals surface area contributed by atoms with Crippen LogP contribution in [-0.4, -0.2) is 76.7 Å². The minimum absolute atomic E-state index is 0.230. The molecule has 160 valence electrons. The van der Waals surface area contributed by atoms with Gasteiger partial charge in [0.25, 0.3) is 0 Å². The molecule has 30 heavy (non-hydrogen) atoms. The molecule has 3 aliphatic rings. The van der Waals surface area contributed by atoms with Crippen LogP contribution >= 0.6 is 11.8 Å². The quantitative estimate of drug-likeness (QED) is 0.685. The molecular weight excluding hydrogens is 394 g/mol. The molecule has 2 aliphatic heterocycles. The number of rotatable bonds is 5. The van der Waals surface area contributed by atoms with Gasteiger partial charge in [0.05, 0.1) is 16.8 Å². The number of nitrogens with zero attached hydrogens (tertiary/aromatic N) is 5. The summed E-state index contributed by atoms with van der Waals surface area (Å²) in [7, 11) is 0. The van der Waals surface area contributed by atoms with Gasteiger partial charge in [-0.3, -0.25) is 9.69 Å². The third-order valence-corrected chi connectivity index (χ3v) is 7.71. The topological polar surface area (TPSA) is 52.6 Å². The first kappa shape index (κ1) is 20.1. The van der Waals surface area contributed by atoms with Crippen LogP contribution in [0.3, 0.4) is 0 Å². The Hall–Kier alpha value is -1.86. The maximum absolute atomic E-state index is 12.9. The number of thioether (sulfide) groups is 1. The summed E-state index contributed by atoms with van der Waals surface area (Å²) in [6.45, 7) is 5.82. The van der Waals surface area contributed by atoms with Crippen LogP contribution in [0.25, 0.3) is 11.0 Å². The van der Waals surface area contributed by atoms with Gasteiger partial charge in [0.15, 0.2) is 5.82 Å². The zero-order valence-electron chi connectivity index (χ0n) is 17.6. The van der Waals surface area contributed by atoms with Crippen molar-refractivity contribution in [2.45, 2.75) is 49.6 Å². The first-order valence-electron chi connectivity index (χ1n) is 11.4. The Morgan fingerprint density at radius 2 is 1.57 bits per heavy atom. The molecule has 1 aromatic carbocycles. The Balaban J connectivity index is 1.24. The highest BCUT2D eigenvalue weighted by molar-refractivity contribution is 8.00. The van der Waals surface area contributed by atoms with E-state index in [0.717, 1.165) is 67.2 Å². The van der Waals surface area contributed by atoms with E-state index in [1.165, 1.54) is 38.5 Å². The number of aromatic nitrogens is 2. The normalized spacial score (nSPS) is 21.1. The van der Waals surface area contributed by atoms with Gasteiger partial charge in [-0.05, 0) is 37.8 Å². The molecule has 1 saturated carbocycles. The molecule has 0 atom stereocenters. The predicted molar refractivity (Wildman–Crippen MR) is 122 cm³/mol. The van der Waals surface area contributed by atoms with Crippen molar-refractivity contribution < 1.29 is 4.79 Å². The fourth-order valence-electron chi connectivity index (χ4n) is 5.03. The first-order chi connectivity index (χ1) is 14.8. The highest BCUT2D eigenvalue weighted by Crippen LogP contribution is 2.31. The molecule has 1 aromatic heterocycles. The smallest absolute Gasteiger partial charge is 0.233 e. The van der Waals surface area contributed by atoms with Crippen molar-refractivity contribution in [3.8, 4) is 0 Å². The van der Waals surface area contributed by atoms with Gasteiger partial charge in [-0.15, -0.1) is 0 Å². The Bertz CT molecular complexity index is 886. The lowest BCUT2D eigenvalue weighted by Gasteiger charge is -2.38. The van der Waals surface area contributed by atoms with Crippen LogP contribution in [0.15, 0.2) is 29.3 Å². The molecule has 0 radical (unpaired) electrons. The van der Waals surface area contributed by atoms with Gasteiger partial charge in [-0.1, -0.05) is 36.7 Å². The van der Waals surface area contributed by atoms with Gasteiger partial charge < -0.3 is 9.80 Å². The van der Waals surface area contributed by atoms with Crippen molar-refractivity contribution in [3.05, 3.63) is 24.3 Å². The number of para-hydroxylation sites is 2. The van der Waals surface area contributed by atoms with Gasteiger partial charge in [0, 0.05) is 45.3 Å². The number of anilines is 1. The van der Waals surface area contributed by atoms with Crippen molar-refractivity contribution in [2.75, 3.05) is 49.9 Å². The summed E-state index contributed by atoms with van der Waals surface area (Å²) in [6.07, 6.45) is 7.80. The number of carbonyl (C=O) groups excluding carboxylic acids is 1. The monoisotopic (exact) mass is 425 g/mol. The Morgan fingerprint density at radius 3 is 2.27 bits per heavy atom. The first-order valence-corrected chi connectivity index (χ1v) is 12.4. The van der Waals surface area contributed by atoms with E-state index in [1.807, 2.05) is 29.2 Å². The Kier molecular flexibility index (Phi) is 6.09. The minimum atomic E-state index is 0.230. The van der Waals surface area contributed by atoms with E-state index in [9.17, 15) is 4.79 Å². The molecule has 0 unspecified atom stereocenters. The molecule has 1 amide bonds. The zero-order chi connectivity index (χ0) is 20.3. The number of benzene rings is 1. The fraction of sp³-hybridized carbons (Fsp3) is 0.609. The van der Waals surface area contributed by atoms with Crippen LogP contribution in [0.2, 0.25) is 0 Å². The largest absolute Gasteiger partial charge is 0.354 e. The highest BCUT2D eigenvalue weighted by atomic mass is 32.2. The lowest BCUT2D eigenvalue weighted by atomic mass is 10.2. The van der Waals surface area contributed by atoms with Crippen LogP contribution in [-0.2, 0) is 4.79 Å². The summed E-state index contributed by atoms with van der Waals surface area (Å²) >= 11 is 1.56. The van der Waals surface area contributed by atoms with Gasteiger partial charge in [0.2, 0.25) is 5.91 Å². The van der Waals surface area contributed by atoms with Crippen LogP contribution in [0, 0.1) is 0 Å². The van der Waals surface area contributed by atoms with Crippen LogP contribution < -0.4 is 4.90 Å². The average molecular weight is 426 g/mol. The van der Waals surface area contributed by atoms with Gasteiger partial charge >= 0.3 is 0 Å². The Labute approximate surface area is 183 Å².